The SMILES string of the molecule is CCCc1cc(F)c(C#Cc2ccc(C#Cc3ccc(OC)cc3)c(F)c2)c(F)c1. The van der Waals surface area contributed by atoms with Crippen molar-refractivity contribution in [2.24, 2.45) is 0 Å². The third kappa shape index (κ3) is 5.25. The topological polar surface area (TPSA) is 9.23 Å². The van der Waals surface area contributed by atoms with Gasteiger partial charge in [-0.3, -0.25) is 0 Å². The molecule has 0 saturated heterocycles. The zero-order valence-corrected chi connectivity index (χ0v) is 16.7. The number of aryl methyl sites for hydroxylation is 1. The van der Waals surface area contributed by atoms with Crippen LogP contribution in [-0.2, 0) is 6.42 Å². The fourth-order valence-corrected chi connectivity index (χ4v) is 2.82. The molecule has 3 aromatic rings. The first-order valence-corrected chi connectivity index (χ1v) is 9.45. The van der Waals surface area contributed by atoms with Crippen LogP contribution in [0.3, 0.4) is 0 Å². The maximum Gasteiger partial charge on any atom is 0.142 e. The minimum absolute atomic E-state index is 0.206. The summed E-state index contributed by atoms with van der Waals surface area (Å²) in [6.07, 6.45) is 1.38. The molecule has 0 fully saturated rings. The van der Waals surface area contributed by atoms with Crippen LogP contribution < -0.4 is 4.74 Å². The maximum atomic E-state index is 14.4. The van der Waals surface area contributed by atoms with Gasteiger partial charge in [0.05, 0.1) is 18.2 Å². The molecule has 0 heterocycles. The highest BCUT2D eigenvalue weighted by Gasteiger charge is 2.09. The van der Waals surface area contributed by atoms with E-state index in [1.54, 1.807) is 37.4 Å². The fraction of sp³-hybridized carbons (Fsp3) is 0.154. The summed E-state index contributed by atoms with van der Waals surface area (Å²) in [5, 5.41) is 0. The van der Waals surface area contributed by atoms with Crippen molar-refractivity contribution in [2.45, 2.75) is 19.8 Å². The van der Waals surface area contributed by atoms with Gasteiger partial charge in [-0.2, -0.15) is 0 Å². The molecule has 1 nitrogen and oxygen atoms in total. The van der Waals surface area contributed by atoms with Crippen molar-refractivity contribution >= 4 is 0 Å². The van der Waals surface area contributed by atoms with Gasteiger partial charge in [0, 0.05) is 11.1 Å². The summed E-state index contributed by atoms with van der Waals surface area (Å²) in [6.45, 7) is 1.93. The maximum absolute atomic E-state index is 14.4. The number of halogens is 3. The molecule has 4 heteroatoms. The summed E-state index contributed by atoms with van der Waals surface area (Å²) in [5.41, 5.74) is 1.50. The number of hydrogen-bond acceptors (Lipinski definition) is 1. The molecule has 0 aromatic heterocycles. The van der Waals surface area contributed by atoms with Crippen LogP contribution in [-0.4, -0.2) is 7.11 Å². The van der Waals surface area contributed by atoms with Crippen LogP contribution in [0.1, 0.15) is 41.2 Å². The van der Waals surface area contributed by atoms with E-state index in [1.807, 2.05) is 6.92 Å². The first-order valence-electron chi connectivity index (χ1n) is 9.45. The molecule has 0 amide bonds. The molecule has 0 atom stereocenters. The minimum Gasteiger partial charge on any atom is -0.497 e. The molecule has 0 aliphatic rings. The van der Waals surface area contributed by atoms with Crippen LogP contribution >= 0.6 is 0 Å². The lowest BCUT2D eigenvalue weighted by molar-refractivity contribution is 0.415. The van der Waals surface area contributed by atoms with Gasteiger partial charge in [0.1, 0.15) is 23.2 Å². The lowest BCUT2D eigenvalue weighted by Crippen LogP contribution is -1.95. The average molecular weight is 404 g/mol. The van der Waals surface area contributed by atoms with Gasteiger partial charge in [0.25, 0.3) is 0 Å². The fourth-order valence-electron chi connectivity index (χ4n) is 2.82. The van der Waals surface area contributed by atoms with Crippen molar-refractivity contribution in [1.29, 1.82) is 0 Å². The third-order valence-electron chi connectivity index (χ3n) is 4.37. The van der Waals surface area contributed by atoms with E-state index in [9.17, 15) is 13.2 Å². The van der Waals surface area contributed by atoms with Gasteiger partial charge in [-0.15, -0.1) is 0 Å². The Bertz CT molecular complexity index is 1150. The van der Waals surface area contributed by atoms with E-state index < -0.39 is 17.5 Å². The van der Waals surface area contributed by atoms with Crippen molar-refractivity contribution in [1.82, 2.24) is 0 Å². The Labute approximate surface area is 174 Å². The van der Waals surface area contributed by atoms with Crippen molar-refractivity contribution in [3.05, 3.63) is 99.9 Å². The normalized spacial score (nSPS) is 9.90. The third-order valence-corrected chi connectivity index (χ3v) is 4.37. The van der Waals surface area contributed by atoms with Gasteiger partial charge >= 0.3 is 0 Å². The highest BCUT2D eigenvalue weighted by atomic mass is 19.1. The Hall–Kier alpha value is -3.63. The van der Waals surface area contributed by atoms with Crippen molar-refractivity contribution in [3.8, 4) is 29.4 Å². The second-order valence-corrected chi connectivity index (χ2v) is 6.61. The van der Waals surface area contributed by atoms with E-state index >= 15 is 0 Å². The molecule has 0 unspecified atom stereocenters. The number of hydrogen-bond donors (Lipinski definition) is 0. The lowest BCUT2D eigenvalue weighted by atomic mass is 10.1. The van der Waals surface area contributed by atoms with E-state index in [1.165, 1.54) is 24.3 Å². The summed E-state index contributed by atoms with van der Waals surface area (Å²) in [6, 6.07) is 13.9. The molecule has 30 heavy (non-hydrogen) atoms. The van der Waals surface area contributed by atoms with Crippen molar-refractivity contribution in [3.63, 3.8) is 0 Å². The highest BCUT2D eigenvalue weighted by Crippen LogP contribution is 2.17. The molecular formula is C26H19F3O. The molecule has 150 valence electrons. The lowest BCUT2D eigenvalue weighted by Gasteiger charge is -2.02. The molecule has 0 N–H and O–H groups in total. The predicted octanol–water partition coefficient (Wildman–Crippen LogP) is 5.86. The standard InChI is InChI=1S/C26H19F3O/c1-3-4-20-16-25(28)23(26(29)17-20)14-9-19-6-11-21(24(27)15-19)10-5-18-7-12-22(30-2)13-8-18/h6-8,11-13,15-17H,3-4H2,1-2H3. The first-order chi connectivity index (χ1) is 14.5. The van der Waals surface area contributed by atoms with Gasteiger partial charge in [-0.1, -0.05) is 37.0 Å². The highest BCUT2D eigenvalue weighted by molar-refractivity contribution is 5.49. The van der Waals surface area contributed by atoms with Crippen molar-refractivity contribution in [2.75, 3.05) is 7.11 Å². The van der Waals surface area contributed by atoms with Gasteiger partial charge in [0.15, 0.2) is 0 Å². The molecule has 0 aliphatic carbocycles. The Balaban J connectivity index is 1.81. The molecule has 0 saturated carbocycles. The molecule has 0 aliphatic heterocycles. The molecule has 0 bridgehead atoms. The molecule has 3 rings (SSSR count). The predicted molar refractivity (Wildman–Crippen MR) is 112 cm³/mol. The summed E-state index contributed by atoms with van der Waals surface area (Å²) < 4.78 is 47.7. The number of rotatable bonds is 3. The average Bonchev–Trinajstić information content (AvgIpc) is 2.73. The monoisotopic (exact) mass is 404 g/mol. The zero-order chi connectivity index (χ0) is 21.5. The van der Waals surface area contributed by atoms with Crippen LogP contribution in [0.5, 0.6) is 5.75 Å². The van der Waals surface area contributed by atoms with Crippen LogP contribution in [0.4, 0.5) is 13.2 Å². The Morgan fingerprint density at radius 2 is 1.37 bits per heavy atom. The second-order valence-electron chi connectivity index (χ2n) is 6.61. The second kappa shape index (κ2) is 9.72. The quantitative estimate of drug-likeness (QED) is 0.497. The summed E-state index contributed by atoms with van der Waals surface area (Å²) in [4.78, 5) is 0. The van der Waals surface area contributed by atoms with E-state index in [4.69, 9.17) is 4.74 Å². The number of benzene rings is 3. The van der Waals surface area contributed by atoms with E-state index in [2.05, 4.69) is 23.7 Å². The Morgan fingerprint density at radius 1 is 0.733 bits per heavy atom. The summed E-state index contributed by atoms with van der Waals surface area (Å²) in [5.74, 6) is 9.46. The van der Waals surface area contributed by atoms with E-state index in [-0.39, 0.29) is 11.1 Å². The number of ether oxygens (including phenoxy) is 1. The van der Waals surface area contributed by atoms with Crippen molar-refractivity contribution < 1.29 is 17.9 Å². The van der Waals surface area contributed by atoms with Crippen LogP contribution in [0.25, 0.3) is 0 Å². The minimum atomic E-state index is -0.714. The summed E-state index contributed by atoms with van der Waals surface area (Å²) >= 11 is 0. The molecule has 3 aromatic carbocycles. The number of methoxy groups -OCH3 is 1. The van der Waals surface area contributed by atoms with Crippen LogP contribution in [0.15, 0.2) is 54.6 Å². The van der Waals surface area contributed by atoms with Crippen LogP contribution in [0, 0.1) is 41.1 Å². The zero-order valence-electron chi connectivity index (χ0n) is 16.7. The largest absolute Gasteiger partial charge is 0.497 e. The van der Waals surface area contributed by atoms with E-state index in [0.29, 0.717) is 23.3 Å². The van der Waals surface area contributed by atoms with Gasteiger partial charge in [-0.05, 0) is 66.6 Å². The molecule has 0 radical (unpaired) electrons. The first kappa shape index (κ1) is 21.1. The van der Waals surface area contributed by atoms with E-state index in [0.717, 1.165) is 12.0 Å². The Morgan fingerprint density at radius 3 is 1.97 bits per heavy atom. The van der Waals surface area contributed by atoms with Gasteiger partial charge in [-0.25, -0.2) is 13.2 Å². The smallest absolute Gasteiger partial charge is 0.142 e. The molecule has 0 spiro atoms. The van der Waals surface area contributed by atoms with Gasteiger partial charge in [0.2, 0.25) is 0 Å². The van der Waals surface area contributed by atoms with Crippen LogP contribution in [0.2, 0.25) is 0 Å². The summed E-state index contributed by atoms with van der Waals surface area (Å²) in [7, 11) is 1.57. The molecular weight excluding hydrogens is 385 g/mol. The van der Waals surface area contributed by atoms with Gasteiger partial charge < -0.3 is 4.74 Å². The Kier molecular flexibility index (Phi) is 6.83.